The third-order valence-corrected chi connectivity index (χ3v) is 4.03. The van der Waals surface area contributed by atoms with Gasteiger partial charge in [0.2, 0.25) is 0 Å². The van der Waals surface area contributed by atoms with Crippen LogP contribution in [0.4, 0.5) is 0 Å². The fraction of sp³-hybridized carbons (Fsp3) is 0.300. The van der Waals surface area contributed by atoms with Crippen molar-refractivity contribution in [1.29, 1.82) is 0 Å². The molecule has 0 fully saturated rings. The molecule has 104 valence electrons. The summed E-state index contributed by atoms with van der Waals surface area (Å²) < 4.78 is 0. The molecule has 0 nitrogen and oxygen atoms in total. The minimum absolute atomic E-state index is 0. The van der Waals surface area contributed by atoms with E-state index in [9.17, 15) is 0 Å². The van der Waals surface area contributed by atoms with Crippen molar-refractivity contribution in [2.75, 3.05) is 0 Å². The lowest BCUT2D eigenvalue weighted by Gasteiger charge is -2.20. The summed E-state index contributed by atoms with van der Waals surface area (Å²) in [4.78, 5) is 0. The van der Waals surface area contributed by atoms with Crippen LogP contribution in [0.25, 0.3) is 12.2 Å². The Bertz CT molecular complexity index is 543. The monoisotopic (exact) mass is 264 g/mol. The van der Waals surface area contributed by atoms with Gasteiger partial charge in [0, 0.05) is 5.92 Å². The van der Waals surface area contributed by atoms with Gasteiger partial charge >= 0.3 is 0 Å². The molecule has 0 heterocycles. The maximum Gasteiger partial charge on any atom is 0.0101 e. The zero-order valence-electron chi connectivity index (χ0n) is 11.5. The molecule has 2 aromatic rings. The zero-order chi connectivity index (χ0) is 13.1. The maximum atomic E-state index is 2.29. The number of hydrogen-bond acceptors (Lipinski definition) is 0. The van der Waals surface area contributed by atoms with Crippen LogP contribution in [0.1, 0.15) is 61.8 Å². The molecule has 0 aliphatic heterocycles. The molecule has 0 unspecified atom stereocenters. The van der Waals surface area contributed by atoms with Gasteiger partial charge in [0.25, 0.3) is 0 Å². The Balaban J connectivity index is 0.00000147. The first-order chi connectivity index (χ1) is 9.40. The van der Waals surface area contributed by atoms with E-state index in [0.717, 1.165) is 0 Å². The molecule has 3 rings (SSSR count). The fourth-order valence-electron chi connectivity index (χ4n) is 3.03. The van der Waals surface area contributed by atoms with E-state index in [1.165, 1.54) is 41.5 Å². The topological polar surface area (TPSA) is 0 Å². The molecule has 0 heteroatoms. The van der Waals surface area contributed by atoms with Gasteiger partial charge in [-0.3, -0.25) is 0 Å². The van der Waals surface area contributed by atoms with Crippen LogP contribution in [0, 0.1) is 0 Å². The lowest BCUT2D eigenvalue weighted by Crippen LogP contribution is -2.03. The van der Waals surface area contributed by atoms with Crippen molar-refractivity contribution < 1.29 is 0 Å². The Morgan fingerprint density at radius 3 is 1.80 bits per heavy atom. The Kier molecular flexibility index (Phi) is 4.79. The van der Waals surface area contributed by atoms with Gasteiger partial charge in [-0.15, -0.1) is 0 Å². The lowest BCUT2D eigenvalue weighted by molar-refractivity contribution is 0.649. The molecule has 1 aliphatic rings. The first-order valence-corrected chi connectivity index (χ1v) is 7.26. The van der Waals surface area contributed by atoms with E-state index in [0.29, 0.717) is 5.92 Å². The van der Waals surface area contributed by atoms with Gasteiger partial charge in [-0.05, 0) is 28.7 Å². The second kappa shape index (κ2) is 6.56. The standard InChI is InChI=1S/C19H20.CH4/c1-2-3-10-19-17-11-6-4-8-15(17)13-14-16-9-5-7-12-18(16)19;/h4-9,11-14,19H,2-3,10H2,1H3;1H4. The van der Waals surface area contributed by atoms with Gasteiger partial charge in [0.05, 0.1) is 0 Å². The molecule has 0 radical (unpaired) electrons. The minimum Gasteiger partial charge on any atom is -0.0776 e. The molecule has 0 N–H and O–H groups in total. The summed E-state index contributed by atoms with van der Waals surface area (Å²) in [6.07, 6.45) is 8.31. The van der Waals surface area contributed by atoms with Crippen molar-refractivity contribution in [2.24, 2.45) is 0 Å². The molecule has 0 saturated carbocycles. The van der Waals surface area contributed by atoms with Crippen molar-refractivity contribution >= 4 is 12.2 Å². The number of rotatable bonds is 3. The minimum atomic E-state index is 0. The summed E-state index contributed by atoms with van der Waals surface area (Å²) in [5.41, 5.74) is 5.72. The summed E-state index contributed by atoms with van der Waals surface area (Å²) in [7, 11) is 0. The highest BCUT2D eigenvalue weighted by atomic mass is 14.2. The van der Waals surface area contributed by atoms with E-state index in [1.54, 1.807) is 0 Å². The van der Waals surface area contributed by atoms with Gasteiger partial charge in [0.15, 0.2) is 0 Å². The van der Waals surface area contributed by atoms with E-state index < -0.39 is 0 Å². The largest absolute Gasteiger partial charge is 0.0776 e. The van der Waals surface area contributed by atoms with E-state index in [2.05, 4.69) is 67.6 Å². The third kappa shape index (κ3) is 2.70. The number of fused-ring (bicyclic) bond motifs is 2. The molecule has 20 heavy (non-hydrogen) atoms. The van der Waals surface area contributed by atoms with Crippen LogP contribution >= 0.6 is 0 Å². The third-order valence-electron chi connectivity index (χ3n) is 4.03. The average molecular weight is 264 g/mol. The molecule has 0 bridgehead atoms. The van der Waals surface area contributed by atoms with E-state index >= 15 is 0 Å². The summed E-state index contributed by atoms with van der Waals surface area (Å²) in [5.74, 6) is 0.544. The van der Waals surface area contributed by atoms with E-state index in [1.807, 2.05) is 0 Å². The molecule has 2 aromatic carbocycles. The fourth-order valence-corrected chi connectivity index (χ4v) is 3.03. The number of unbranched alkanes of at least 4 members (excludes halogenated alkanes) is 1. The van der Waals surface area contributed by atoms with Gasteiger partial charge in [-0.2, -0.15) is 0 Å². The smallest absolute Gasteiger partial charge is 0.0101 e. The molecule has 0 aromatic heterocycles. The van der Waals surface area contributed by atoms with Crippen molar-refractivity contribution in [3.8, 4) is 0 Å². The van der Waals surface area contributed by atoms with Crippen LogP contribution in [-0.2, 0) is 0 Å². The van der Waals surface area contributed by atoms with E-state index in [4.69, 9.17) is 0 Å². The molecular weight excluding hydrogens is 240 g/mol. The summed E-state index contributed by atoms with van der Waals surface area (Å²) in [6.45, 7) is 2.27. The number of hydrogen-bond donors (Lipinski definition) is 0. The summed E-state index contributed by atoms with van der Waals surface area (Å²) >= 11 is 0. The Hall–Kier alpha value is -1.82. The predicted molar refractivity (Wildman–Crippen MR) is 89.9 cm³/mol. The van der Waals surface area contributed by atoms with Gasteiger partial charge in [-0.25, -0.2) is 0 Å². The maximum absolute atomic E-state index is 2.29. The molecule has 1 aliphatic carbocycles. The highest BCUT2D eigenvalue weighted by Gasteiger charge is 2.20. The first-order valence-electron chi connectivity index (χ1n) is 7.26. The number of benzene rings is 2. The van der Waals surface area contributed by atoms with Crippen LogP contribution < -0.4 is 0 Å². The Morgan fingerprint density at radius 1 is 0.800 bits per heavy atom. The van der Waals surface area contributed by atoms with Crippen molar-refractivity contribution in [3.05, 3.63) is 70.8 Å². The normalized spacial score (nSPS) is 13.1. The summed E-state index contributed by atoms with van der Waals surface area (Å²) in [6, 6.07) is 17.7. The van der Waals surface area contributed by atoms with Gasteiger partial charge < -0.3 is 0 Å². The molecule has 0 spiro atoms. The van der Waals surface area contributed by atoms with Crippen LogP contribution in [0.3, 0.4) is 0 Å². The molecule has 0 saturated heterocycles. The summed E-state index contributed by atoms with van der Waals surface area (Å²) in [5, 5.41) is 0. The SMILES string of the molecule is C.CCCCC1c2ccccc2C=Cc2ccccc21. The van der Waals surface area contributed by atoms with Crippen LogP contribution in [0.15, 0.2) is 48.5 Å². The quantitative estimate of drug-likeness (QED) is 0.625. The first kappa shape index (κ1) is 14.6. The van der Waals surface area contributed by atoms with Gasteiger partial charge in [0.1, 0.15) is 0 Å². The highest BCUT2D eigenvalue weighted by Crippen LogP contribution is 2.37. The average Bonchev–Trinajstić information content (AvgIpc) is 2.62. The second-order valence-corrected chi connectivity index (χ2v) is 5.29. The van der Waals surface area contributed by atoms with Crippen LogP contribution in [0.5, 0.6) is 0 Å². The van der Waals surface area contributed by atoms with Crippen LogP contribution in [-0.4, -0.2) is 0 Å². The molecular formula is C20H24. The van der Waals surface area contributed by atoms with E-state index in [-0.39, 0.29) is 7.43 Å². The second-order valence-electron chi connectivity index (χ2n) is 5.29. The van der Waals surface area contributed by atoms with Crippen molar-refractivity contribution in [3.63, 3.8) is 0 Å². The zero-order valence-corrected chi connectivity index (χ0v) is 11.5. The molecule has 0 atom stereocenters. The Labute approximate surface area is 123 Å². The van der Waals surface area contributed by atoms with Crippen LogP contribution in [0.2, 0.25) is 0 Å². The lowest BCUT2D eigenvalue weighted by atomic mass is 9.84. The molecule has 0 amide bonds. The van der Waals surface area contributed by atoms with Gasteiger partial charge in [-0.1, -0.05) is 87.9 Å². The van der Waals surface area contributed by atoms with Crippen molar-refractivity contribution in [2.45, 2.75) is 39.5 Å². The Morgan fingerprint density at radius 2 is 1.30 bits per heavy atom. The van der Waals surface area contributed by atoms with Crippen molar-refractivity contribution in [1.82, 2.24) is 0 Å². The highest BCUT2D eigenvalue weighted by molar-refractivity contribution is 5.76. The predicted octanol–water partition coefficient (Wildman–Crippen LogP) is 6.13.